The number of hydrogen-bond donors (Lipinski definition) is 0. The van der Waals surface area contributed by atoms with Crippen LogP contribution < -0.4 is 0 Å². The van der Waals surface area contributed by atoms with Crippen molar-refractivity contribution in [2.45, 2.75) is 24.8 Å². The van der Waals surface area contributed by atoms with Gasteiger partial charge in [-0.05, 0) is 49.7 Å². The highest BCUT2D eigenvalue weighted by Crippen LogP contribution is 2.27. The van der Waals surface area contributed by atoms with Crippen LogP contribution in [0.3, 0.4) is 0 Å². The van der Waals surface area contributed by atoms with Crippen molar-refractivity contribution in [3.63, 3.8) is 0 Å². The molecule has 0 bridgehead atoms. The Morgan fingerprint density at radius 1 is 0.963 bits per heavy atom. The minimum Gasteiger partial charge on any atom is -0.420 e. The van der Waals surface area contributed by atoms with E-state index in [-0.39, 0.29) is 0 Å². The molecule has 0 unspecified atom stereocenters. The second kappa shape index (κ2) is 7.54. The van der Waals surface area contributed by atoms with Crippen LogP contribution in [0.1, 0.15) is 17.3 Å². The van der Waals surface area contributed by atoms with E-state index in [0.29, 0.717) is 22.6 Å². The topological polar surface area (TPSA) is 69.6 Å². The maximum Gasteiger partial charge on any atom is 0.247 e. The molecule has 4 aromatic rings. The molecule has 2 heterocycles. The van der Waals surface area contributed by atoms with Gasteiger partial charge in [-0.2, -0.15) is 0 Å². The number of rotatable bonds is 5. The molecule has 0 radical (unpaired) electrons. The first-order chi connectivity index (χ1) is 13.1. The molecule has 136 valence electrons. The average Bonchev–Trinajstić information content (AvgIpc) is 3.28. The van der Waals surface area contributed by atoms with Gasteiger partial charge in [0.05, 0.1) is 11.4 Å². The lowest BCUT2D eigenvalue weighted by atomic mass is 10.2. The van der Waals surface area contributed by atoms with E-state index in [1.54, 1.807) is 12.1 Å². The molecule has 0 aliphatic heterocycles. The van der Waals surface area contributed by atoms with Crippen molar-refractivity contribution in [2.75, 3.05) is 0 Å². The summed E-state index contributed by atoms with van der Waals surface area (Å²) < 4.78 is 7.80. The fraction of sp³-hybridized carbons (Fsp3) is 0.158. The second-order valence-corrected chi connectivity index (χ2v) is 7.33. The van der Waals surface area contributed by atoms with Crippen LogP contribution in [-0.4, -0.2) is 25.0 Å². The lowest BCUT2D eigenvalue weighted by Crippen LogP contribution is -2.01. The summed E-state index contributed by atoms with van der Waals surface area (Å²) in [6.07, 6.45) is 0. The predicted molar refractivity (Wildman–Crippen MR) is 105 cm³/mol. The summed E-state index contributed by atoms with van der Waals surface area (Å²) in [7, 11) is 0. The van der Waals surface area contributed by atoms with E-state index >= 15 is 0 Å². The average molecular weight is 398 g/mol. The third kappa shape index (κ3) is 3.74. The number of benzene rings is 2. The molecule has 0 aliphatic carbocycles. The zero-order chi connectivity index (χ0) is 18.8. The van der Waals surface area contributed by atoms with Crippen molar-refractivity contribution in [2.24, 2.45) is 0 Å². The number of thioether (sulfide) groups is 1. The van der Waals surface area contributed by atoms with Gasteiger partial charge in [-0.3, -0.25) is 4.57 Å². The highest BCUT2D eigenvalue weighted by molar-refractivity contribution is 7.98. The SMILES string of the molecule is Cc1ccccc1-n1c(C)nnc1SCc1nnc(-c2ccc(Cl)cc2)o1. The van der Waals surface area contributed by atoms with Crippen molar-refractivity contribution in [1.82, 2.24) is 25.0 Å². The van der Waals surface area contributed by atoms with Crippen molar-refractivity contribution in [3.8, 4) is 17.1 Å². The highest BCUT2D eigenvalue weighted by Gasteiger charge is 2.15. The van der Waals surface area contributed by atoms with Gasteiger partial charge in [-0.15, -0.1) is 20.4 Å². The maximum absolute atomic E-state index is 5.92. The zero-order valence-electron chi connectivity index (χ0n) is 14.8. The van der Waals surface area contributed by atoms with Crippen LogP contribution in [0, 0.1) is 13.8 Å². The van der Waals surface area contributed by atoms with Gasteiger partial charge in [0, 0.05) is 10.6 Å². The molecule has 0 N–H and O–H groups in total. The number of para-hydroxylation sites is 1. The van der Waals surface area contributed by atoms with E-state index in [1.807, 2.05) is 35.8 Å². The molecule has 0 saturated carbocycles. The van der Waals surface area contributed by atoms with Gasteiger partial charge in [0.2, 0.25) is 11.8 Å². The van der Waals surface area contributed by atoms with Gasteiger partial charge in [-0.25, -0.2) is 0 Å². The first kappa shape index (κ1) is 17.8. The van der Waals surface area contributed by atoms with Gasteiger partial charge in [-0.1, -0.05) is 41.6 Å². The third-order valence-corrected chi connectivity index (χ3v) is 5.20. The Bertz CT molecular complexity index is 1070. The highest BCUT2D eigenvalue weighted by atomic mass is 35.5. The maximum atomic E-state index is 5.92. The molecule has 0 atom stereocenters. The molecule has 0 fully saturated rings. The fourth-order valence-corrected chi connectivity index (χ4v) is 3.63. The lowest BCUT2D eigenvalue weighted by molar-refractivity contribution is 0.528. The van der Waals surface area contributed by atoms with Crippen LogP contribution in [0.2, 0.25) is 5.02 Å². The summed E-state index contributed by atoms with van der Waals surface area (Å²) in [5.41, 5.74) is 3.06. The Labute approximate surface area is 165 Å². The van der Waals surface area contributed by atoms with Gasteiger partial charge in [0.25, 0.3) is 0 Å². The number of nitrogens with zero attached hydrogens (tertiary/aromatic N) is 5. The van der Waals surface area contributed by atoms with Crippen LogP contribution in [0.15, 0.2) is 58.1 Å². The van der Waals surface area contributed by atoms with Crippen LogP contribution in [-0.2, 0) is 5.75 Å². The predicted octanol–water partition coefficient (Wildman–Crippen LogP) is 4.88. The van der Waals surface area contributed by atoms with E-state index in [1.165, 1.54) is 11.8 Å². The van der Waals surface area contributed by atoms with E-state index in [9.17, 15) is 0 Å². The molecule has 8 heteroatoms. The van der Waals surface area contributed by atoms with Crippen LogP contribution in [0.5, 0.6) is 0 Å². The number of aryl methyl sites for hydroxylation is 2. The van der Waals surface area contributed by atoms with E-state index < -0.39 is 0 Å². The van der Waals surface area contributed by atoms with E-state index in [4.69, 9.17) is 16.0 Å². The van der Waals surface area contributed by atoms with Gasteiger partial charge in [0.1, 0.15) is 5.82 Å². The minimum atomic E-state index is 0.471. The van der Waals surface area contributed by atoms with Gasteiger partial charge < -0.3 is 4.42 Å². The second-order valence-electron chi connectivity index (χ2n) is 5.95. The molecule has 4 rings (SSSR count). The zero-order valence-corrected chi connectivity index (χ0v) is 16.3. The van der Waals surface area contributed by atoms with E-state index in [2.05, 4.69) is 39.5 Å². The summed E-state index contributed by atoms with van der Waals surface area (Å²) in [4.78, 5) is 0. The lowest BCUT2D eigenvalue weighted by Gasteiger charge is -2.10. The van der Waals surface area contributed by atoms with Gasteiger partial charge >= 0.3 is 0 Å². The summed E-state index contributed by atoms with van der Waals surface area (Å²) in [6.45, 7) is 4.01. The largest absolute Gasteiger partial charge is 0.420 e. The molecule has 27 heavy (non-hydrogen) atoms. The summed E-state index contributed by atoms with van der Waals surface area (Å²) >= 11 is 7.42. The Hall–Kier alpha value is -2.64. The molecule has 2 aromatic heterocycles. The molecule has 0 aliphatic rings. The van der Waals surface area contributed by atoms with Gasteiger partial charge in [0.15, 0.2) is 5.16 Å². The minimum absolute atomic E-state index is 0.471. The molecule has 0 spiro atoms. The molecule has 2 aromatic carbocycles. The number of halogens is 1. The molecular weight excluding hydrogens is 382 g/mol. The van der Waals surface area contributed by atoms with Crippen molar-refractivity contribution < 1.29 is 4.42 Å². The smallest absolute Gasteiger partial charge is 0.247 e. The fourth-order valence-electron chi connectivity index (χ4n) is 2.68. The third-order valence-electron chi connectivity index (χ3n) is 4.03. The molecule has 6 nitrogen and oxygen atoms in total. The van der Waals surface area contributed by atoms with Crippen LogP contribution in [0.25, 0.3) is 17.1 Å². The molecule has 0 saturated heterocycles. The Kier molecular flexibility index (Phi) is 4.96. The summed E-state index contributed by atoms with van der Waals surface area (Å²) in [5, 5.41) is 18.2. The monoisotopic (exact) mass is 397 g/mol. The number of hydrogen-bond acceptors (Lipinski definition) is 6. The Morgan fingerprint density at radius 3 is 2.52 bits per heavy atom. The molecular formula is C19H16ClN5OS. The normalized spacial score (nSPS) is 11.1. The summed E-state index contributed by atoms with van der Waals surface area (Å²) in [5.74, 6) is 2.34. The van der Waals surface area contributed by atoms with Crippen molar-refractivity contribution >= 4 is 23.4 Å². The number of aromatic nitrogens is 5. The van der Waals surface area contributed by atoms with Crippen LogP contribution in [0.4, 0.5) is 0 Å². The summed E-state index contributed by atoms with van der Waals surface area (Å²) in [6, 6.07) is 15.4. The first-order valence-electron chi connectivity index (χ1n) is 8.31. The Balaban J connectivity index is 1.54. The van der Waals surface area contributed by atoms with Crippen molar-refractivity contribution in [1.29, 1.82) is 0 Å². The molecule has 0 amide bonds. The standard InChI is InChI=1S/C19H16ClN5OS/c1-12-5-3-4-6-16(12)25-13(2)21-24-19(25)27-11-17-22-23-18(26-17)14-7-9-15(20)10-8-14/h3-10H,11H2,1-2H3. The Morgan fingerprint density at radius 2 is 1.74 bits per heavy atom. The quantitative estimate of drug-likeness (QED) is 0.447. The van der Waals surface area contributed by atoms with Crippen LogP contribution >= 0.6 is 23.4 Å². The van der Waals surface area contributed by atoms with E-state index in [0.717, 1.165) is 27.8 Å². The van der Waals surface area contributed by atoms with Crippen molar-refractivity contribution in [3.05, 3.63) is 70.8 Å². The first-order valence-corrected chi connectivity index (χ1v) is 9.67.